The Bertz CT molecular complexity index is 3700. The maximum atomic E-state index is 16.5. The number of hydrogen-bond donors (Lipinski definition) is 1. The van der Waals surface area contributed by atoms with Crippen molar-refractivity contribution >= 4 is 33.6 Å². The number of amides is 2. The van der Waals surface area contributed by atoms with E-state index in [4.69, 9.17) is 14.4 Å². The Morgan fingerprint density at radius 1 is 0.931 bits per heavy atom. The molecule has 2 saturated heterocycles. The number of rotatable bonds is 7. The van der Waals surface area contributed by atoms with Crippen LogP contribution in [0.25, 0.3) is 39.0 Å². The lowest BCUT2D eigenvalue weighted by atomic mass is 9.81. The molecule has 4 aliphatic rings. The van der Waals surface area contributed by atoms with Gasteiger partial charge >= 0.3 is 11.4 Å². The molecule has 5 aromatic heterocycles. The predicted octanol–water partition coefficient (Wildman–Crippen LogP) is 7.43. The van der Waals surface area contributed by atoms with Crippen LogP contribution in [0.2, 0.25) is 0 Å². The number of ether oxygens (including phenoxy) is 1. The average Bonchev–Trinajstić information content (AvgIpc) is 4.07. The molecule has 8 aromatic rings. The van der Waals surface area contributed by atoms with Gasteiger partial charge in [-0.25, -0.2) is 23.1 Å². The standard InChI is InChI=1S/C53H55F2N11O6/c1-28-19-36(20-29(2)44(28)54)66-46(63-17-16-62(50(63)70)41-12-11-40-37(45(41)55)26-56-60(40)8)43-31(4)64(52(25-38(43)58-66)14-15-61(27-52)32(5)67)47(68)42-22-35-21-33(34-13-18-71-51(6,7)24-34)9-10-39(35)65(42)53(23-30(53)3)48-57-49(69)72-59-48/h9-12,16-17,19-22,26,30-31,34H,13-15,18,23-25,27H2,1-8H3,(H,57,59,69)/t30-,31-,34-,52?,53-/m0/s1. The van der Waals surface area contributed by atoms with E-state index in [1.54, 1.807) is 59.6 Å². The lowest BCUT2D eigenvalue weighted by Crippen LogP contribution is -2.59. The summed E-state index contributed by atoms with van der Waals surface area (Å²) in [5.74, 6) is -1.42. The first-order valence-electron chi connectivity index (χ1n) is 24.6. The van der Waals surface area contributed by atoms with Crippen LogP contribution in [0.1, 0.15) is 117 Å². The van der Waals surface area contributed by atoms with Crippen LogP contribution in [0, 0.1) is 31.4 Å². The molecule has 3 fully saturated rings. The number of fused-ring (bicyclic) bond motifs is 3. The third-order valence-electron chi connectivity index (χ3n) is 16.3. The highest BCUT2D eigenvalue weighted by molar-refractivity contribution is 6.00. The number of carbonyl (C=O) groups excluding carboxylic acids is 2. The van der Waals surface area contributed by atoms with E-state index in [0.29, 0.717) is 76.9 Å². The molecule has 5 atom stereocenters. The second kappa shape index (κ2) is 15.8. The molecule has 0 bridgehead atoms. The van der Waals surface area contributed by atoms with Gasteiger partial charge in [0.1, 0.15) is 22.9 Å². The highest BCUT2D eigenvalue weighted by atomic mass is 19.1. The minimum atomic E-state index is -0.982. The number of aromatic nitrogens is 9. The maximum absolute atomic E-state index is 16.5. The Balaban J connectivity index is 1.07. The zero-order valence-electron chi connectivity index (χ0n) is 41.4. The number of nitrogens with one attached hydrogen (secondary N) is 1. The number of likely N-dealkylation sites (tertiary alicyclic amines) is 1. The Kier molecular flexibility index (Phi) is 10.0. The number of nitrogens with zero attached hydrogens (tertiary/aromatic N) is 10. The van der Waals surface area contributed by atoms with Gasteiger partial charge < -0.3 is 19.1 Å². The lowest BCUT2D eigenvalue weighted by Gasteiger charge is -2.48. The monoisotopic (exact) mass is 979 g/mol. The van der Waals surface area contributed by atoms with Gasteiger partial charge in [0, 0.05) is 68.9 Å². The average molecular weight is 980 g/mol. The van der Waals surface area contributed by atoms with Crippen LogP contribution in [0.4, 0.5) is 8.78 Å². The summed E-state index contributed by atoms with van der Waals surface area (Å²) >= 11 is 0. The van der Waals surface area contributed by atoms with Gasteiger partial charge in [-0.1, -0.05) is 18.1 Å². The molecular weight excluding hydrogens is 925 g/mol. The second-order valence-electron chi connectivity index (χ2n) is 21.3. The topological polar surface area (TPSA) is 176 Å². The zero-order valence-corrected chi connectivity index (χ0v) is 41.4. The third-order valence-corrected chi connectivity index (χ3v) is 16.3. The molecule has 1 aliphatic carbocycles. The largest absolute Gasteiger partial charge is 0.438 e. The Labute approximate surface area is 411 Å². The molecule has 72 heavy (non-hydrogen) atoms. The number of benzene rings is 3. The van der Waals surface area contributed by atoms with Crippen molar-refractivity contribution in [3.63, 3.8) is 0 Å². The van der Waals surface area contributed by atoms with Crippen LogP contribution in [-0.4, -0.2) is 95.9 Å². The van der Waals surface area contributed by atoms with Gasteiger partial charge in [-0.05, 0) is 131 Å². The molecule has 8 heterocycles. The molecule has 3 aromatic carbocycles. The molecule has 1 saturated carbocycles. The van der Waals surface area contributed by atoms with Gasteiger partial charge in [-0.2, -0.15) is 10.2 Å². The number of aryl methyl sites for hydroxylation is 3. The summed E-state index contributed by atoms with van der Waals surface area (Å²) < 4.78 is 50.8. The molecule has 12 rings (SSSR count). The van der Waals surface area contributed by atoms with E-state index < -0.39 is 34.4 Å². The normalized spacial score (nSPS) is 23.7. The van der Waals surface area contributed by atoms with Crippen molar-refractivity contribution in [1.29, 1.82) is 0 Å². The van der Waals surface area contributed by atoms with Crippen molar-refractivity contribution in [3.05, 3.63) is 139 Å². The Morgan fingerprint density at radius 3 is 2.35 bits per heavy atom. The van der Waals surface area contributed by atoms with Crippen molar-refractivity contribution < 1.29 is 27.6 Å². The van der Waals surface area contributed by atoms with Crippen molar-refractivity contribution in [1.82, 2.24) is 53.2 Å². The molecule has 3 aliphatic heterocycles. The number of aromatic amines is 1. The summed E-state index contributed by atoms with van der Waals surface area (Å²) in [6.45, 7) is 14.2. The number of halogens is 2. The van der Waals surface area contributed by atoms with Crippen LogP contribution in [0.5, 0.6) is 0 Å². The van der Waals surface area contributed by atoms with Gasteiger partial charge in [-0.3, -0.25) is 32.9 Å². The highest BCUT2D eigenvalue weighted by Crippen LogP contribution is 2.57. The predicted molar refractivity (Wildman–Crippen MR) is 262 cm³/mol. The smallest absolute Gasteiger partial charge is 0.376 e. The summed E-state index contributed by atoms with van der Waals surface area (Å²) in [5.41, 5.74) is 2.33. The number of H-pyrrole nitrogens is 1. The summed E-state index contributed by atoms with van der Waals surface area (Å²) in [6, 6.07) is 14.0. The van der Waals surface area contributed by atoms with E-state index in [-0.39, 0.29) is 59.1 Å². The van der Waals surface area contributed by atoms with E-state index >= 15 is 13.6 Å². The fraction of sp³-hybridized carbons (Fsp3) is 0.415. The molecule has 1 N–H and O–H groups in total. The molecule has 1 unspecified atom stereocenters. The first-order chi connectivity index (χ1) is 34.3. The molecule has 19 heteroatoms. The van der Waals surface area contributed by atoms with E-state index in [0.717, 1.165) is 29.3 Å². The van der Waals surface area contributed by atoms with Crippen LogP contribution in [0.15, 0.2) is 81.2 Å². The van der Waals surface area contributed by atoms with Gasteiger partial charge in [0.25, 0.3) is 5.91 Å². The Hall–Kier alpha value is -7.41. The fourth-order valence-electron chi connectivity index (χ4n) is 12.7. The minimum Gasteiger partial charge on any atom is -0.376 e. The van der Waals surface area contributed by atoms with Crippen molar-refractivity contribution in [2.75, 3.05) is 19.7 Å². The van der Waals surface area contributed by atoms with E-state index in [1.165, 1.54) is 34.5 Å². The van der Waals surface area contributed by atoms with Gasteiger partial charge in [-0.15, -0.1) is 0 Å². The van der Waals surface area contributed by atoms with E-state index in [2.05, 4.69) is 54.2 Å². The number of imidazole rings is 1. The van der Waals surface area contributed by atoms with Gasteiger partial charge in [0.05, 0.1) is 51.4 Å². The molecule has 372 valence electrons. The molecule has 17 nitrogen and oxygen atoms in total. The number of carbonyl (C=O) groups is 2. The molecule has 2 amide bonds. The van der Waals surface area contributed by atoms with Crippen LogP contribution >= 0.6 is 0 Å². The first-order valence-corrected chi connectivity index (χ1v) is 24.6. The first kappa shape index (κ1) is 45.7. The zero-order chi connectivity index (χ0) is 50.5. The third kappa shape index (κ3) is 6.68. The van der Waals surface area contributed by atoms with Gasteiger partial charge in [0.2, 0.25) is 5.91 Å². The number of hydrogen-bond acceptors (Lipinski definition) is 9. The molecule has 0 radical (unpaired) electrons. The lowest BCUT2D eigenvalue weighted by molar-refractivity contribution is -0.128. The van der Waals surface area contributed by atoms with Gasteiger partial charge in [0.15, 0.2) is 11.6 Å². The van der Waals surface area contributed by atoms with Crippen LogP contribution in [0.3, 0.4) is 0 Å². The van der Waals surface area contributed by atoms with Crippen molar-refractivity contribution in [2.24, 2.45) is 13.0 Å². The molecule has 1 spiro atoms. The Morgan fingerprint density at radius 2 is 1.67 bits per heavy atom. The minimum absolute atomic E-state index is 0.0138. The summed E-state index contributed by atoms with van der Waals surface area (Å²) in [7, 11) is 1.71. The summed E-state index contributed by atoms with van der Waals surface area (Å²) in [4.78, 5) is 63.8. The van der Waals surface area contributed by atoms with E-state index in [1.807, 2.05) is 22.5 Å². The quantitative estimate of drug-likeness (QED) is 0.170. The fourth-order valence-corrected chi connectivity index (χ4v) is 12.7. The summed E-state index contributed by atoms with van der Waals surface area (Å²) in [5, 5.41) is 14.8. The second-order valence-corrected chi connectivity index (χ2v) is 21.3. The molecular formula is C53H55F2N11O6. The van der Waals surface area contributed by atoms with E-state index in [9.17, 15) is 14.4 Å². The highest BCUT2D eigenvalue weighted by Gasteiger charge is 2.60. The van der Waals surface area contributed by atoms with Crippen LogP contribution < -0.4 is 11.4 Å². The maximum Gasteiger partial charge on any atom is 0.438 e. The van der Waals surface area contributed by atoms with Crippen LogP contribution in [-0.2, 0) is 28.5 Å². The SMILES string of the molecule is CC(=O)N1CCC2(Cc3nn(-c4cc(C)c(F)c(C)c4)c(-n4ccn(-c5ccc6c(cnn6C)c5F)c4=O)c3[C@H](C)N2C(=O)c2cc3cc([C@H]4CCOC(C)(C)C4)ccc3n2[C@@]2(c3noc(=O)[nH]3)C[C@@H]2C)C1. The van der Waals surface area contributed by atoms with Crippen molar-refractivity contribution in [3.8, 4) is 17.2 Å². The summed E-state index contributed by atoms with van der Waals surface area (Å²) in [6.07, 6.45) is 7.31. The van der Waals surface area contributed by atoms with Crippen molar-refractivity contribution in [2.45, 2.75) is 109 Å².